The molecule has 0 aromatic carbocycles. The van der Waals surface area contributed by atoms with Gasteiger partial charge >= 0.3 is 20.4 Å². The number of hydrogen-bond donors (Lipinski definition) is 0. The van der Waals surface area contributed by atoms with Gasteiger partial charge in [0.1, 0.15) is 11.5 Å². The first-order valence-corrected chi connectivity index (χ1v) is 6.31. The molecular weight excluding hydrogens is 268 g/mol. The number of alkyl halides is 2. The molecule has 0 saturated carbocycles. The van der Waals surface area contributed by atoms with Crippen LogP contribution in [-0.4, -0.2) is 41.1 Å². The van der Waals surface area contributed by atoms with E-state index in [1.54, 1.807) is 0 Å². The molecule has 5 nitrogen and oxygen atoms in total. The Morgan fingerprint density at radius 1 is 1.00 bits per heavy atom. The molecule has 0 amide bonds. The van der Waals surface area contributed by atoms with Crippen LogP contribution in [0.2, 0.25) is 0 Å². The zero-order valence-electron chi connectivity index (χ0n) is 6.99. The lowest BCUT2D eigenvalue weighted by Crippen LogP contribution is -2.40. The van der Waals surface area contributed by atoms with Crippen LogP contribution in [0.3, 0.4) is 0 Å². The molecule has 0 aromatic heterocycles. The Kier molecular flexibility index (Phi) is 4.49. The highest BCUT2D eigenvalue weighted by atomic mass is 32.3. The lowest BCUT2D eigenvalue weighted by Gasteiger charge is -2.19. The third-order valence-corrected chi connectivity index (χ3v) is 2.64. The van der Waals surface area contributed by atoms with E-state index in [-0.39, 0.29) is 0 Å². The first kappa shape index (κ1) is 14.6. The SMILES string of the molecule is O=S(=O)(F)CC(F)(CS(=O)(=O)F)OCF. The van der Waals surface area contributed by atoms with Gasteiger partial charge in [0, 0.05) is 0 Å². The summed E-state index contributed by atoms with van der Waals surface area (Å²) >= 11 is 0. The Labute approximate surface area is 83.5 Å². The average Bonchev–Trinajstić information content (AvgIpc) is 1.74. The van der Waals surface area contributed by atoms with Gasteiger partial charge in [-0.05, 0) is 0 Å². The highest BCUT2D eigenvalue weighted by Crippen LogP contribution is 2.20. The molecule has 0 radical (unpaired) electrons. The minimum Gasteiger partial charge on any atom is -0.312 e. The number of hydrogen-bond acceptors (Lipinski definition) is 5. The number of halogens is 4. The third-order valence-electron chi connectivity index (χ3n) is 1.09. The Bertz CT molecular complexity index is 367. The molecule has 0 aromatic rings. The summed E-state index contributed by atoms with van der Waals surface area (Å²) in [5, 5.41) is 0. The molecule has 0 N–H and O–H groups in total. The van der Waals surface area contributed by atoms with Crippen molar-refractivity contribution in [3.05, 3.63) is 0 Å². The van der Waals surface area contributed by atoms with Gasteiger partial charge in [-0.3, -0.25) is 0 Å². The molecule has 15 heavy (non-hydrogen) atoms. The van der Waals surface area contributed by atoms with Gasteiger partial charge in [0.2, 0.25) is 5.85 Å². The molecular formula is C4H6F4O5S2. The molecule has 0 unspecified atom stereocenters. The maximum atomic E-state index is 13.1. The predicted octanol–water partition coefficient (Wildman–Crippen LogP) is 0.194. The summed E-state index contributed by atoms with van der Waals surface area (Å²) in [6.07, 6.45) is 0. The highest BCUT2D eigenvalue weighted by molar-refractivity contribution is 7.87. The minimum absolute atomic E-state index is 1.93. The topological polar surface area (TPSA) is 77.5 Å². The van der Waals surface area contributed by atoms with Gasteiger partial charge in [-0.1, -0.05) is 0 Å². The quantitative estimate of drug-likeness (QED) is 0.510. The normalized spacial score (nSPS) is 14.1. The second-order valence-corrected chi connectivity index (χ2v) is 5.24. The molecule has 11 heteroatoms. The zero-order chi connectivity index (χ0) is 12.3. The molecule has 0 rings (SSSR count). The number of ether oxygens (including phenoxy) is 1. The number of rotatable bonds is 6. The van der Waals surface area contributed by atoms with Crippen molar-refractivity contribution >= 4 is 20.4 Å². The summed E-state index contributed by atoms with van der Waals surface area (Å²) in [6, 6.07) is 0. The van der Waals surface area contributed by atoms with Gasteiger partial charge in [0.25, 0.3) is 0 Å². The molecule has 0 heterocycles. The standard InChI is InChI=1S/C4H6F4O5S2/c5-3-13-4(6,1-14(7,9)10)2-15(8,11)12/h1-3H2. The van der Waals surface area contributed by atoms with E-state index in [4.69, 9.17) is 0 Å². The maximum Gasteiger partial charge on any atom is 0.308 e. The minimum atomic E-state index is -5.47. The molecule has 0 aliphatic rings. The van der Waals surface area contributed by atoms with Gasteiger partial charge in [-0.2, -0.15) is 16.8 Å². The van der Waals surface area contributed by atoms with Crippen molar-refractivity contribution in [2.75, 3.05) is 18.4 Å². The zero-order valence-corrected chi connectivity index (χ0v) is 8.62. The highest BCUT2D eigenvalue weighted by Gasteiger charge is 2.42. The Balaban J connectivity index is 4.91. The van der Waals surface area contributed by atoms with Gasteiger partial charge in [0.15, 0.2) is 6.86 Å². The summed E-state index contributed by atoms with van der Waals surface area (Å²) in [4.78, 5) is 0. The van der Waals surface area contributed by atoms with Crippen LogP contribution < -0.4 is 0 Å². The molecule has 92 valence electrons. The van der Waals surface area contributed by atoms with E-state index in [2.05, 4.69) is 4.74 Å². The van der Waals surface area contributed by atoms with Crippen molar-refractivity contribution in [1.82, 2.24) is 0 Å². The van der Waals surface area contributed by atoms with Crippen molar-refractivity contribution in [1.29, 1.82) is 0 Å². The van der Waals surface area contributed by atoms with E-state index in [1.807, 2.05) is 0 Å². The molecule has 0 aliphatic heterocycles. The molecule has 0 bridgehead atoms. The molecule has 0 fully saturated rings. The predicted molar refractivity (Wildman–Crippen MR) is 40.7 cm³/mol. The molecule has 0 atom stereocenters. The van der Waals surface area contributed by atoms with Crippen molar-refractivity contribution in [2.24, 2.45) is 0 Å². The van der Waals surface area contributed by atoms with E-state index >= 15 is 0 Å². The van der Waals surface area contributed by atoms with Crippen LogP contribution in [0.4, 0.5) is 16.6 Å². The monoisotopic (exact) mass is 274 g/mol. The summed E-state index contributed by atoms with van der Waals surface area (Å²) in [7, 11) is -10.9. The lowest BCUT2D eigenvalue weighted by atomic mass is 10.4. The summed E-state index contributed by atoms with van der Waals surface area (Å²) in [5.41, 5.74) is 0. The summed E-state index contributed by atoms with van der Waals surface area (Å²) in [5.74, 6) is -7.99. The van der Waals surface area contributed by atoms with E-state index in [1.165, 1.54) is 0 Å². The largest absolute Gasteiger partial charge is 0.312 e. The van der Waals surface area contributed by atoms with E-state index in [0.717, 1.165) is 0 Å². The van der Waals surface area contributed by atoms with Gasteiger partial charge in [0.05, 0.1) is 0 Å². The first-order chi connectivity index (χ1) is 6.47. The van der Waals surface area contributed by atoms with Crippen LogP contribution in [0.1, 0.15) is 0 Å². The average molecular weight is 274 g/mol. The van der Waals surface area contributed by atoms with E-state index in [9.17, 15) is 33.4 Å². The van der Waals surface area contributed by atoms with Crippen LogP contribution in [0, 0.1) is 0 Å². The smallest absolute Gasteiger partial charge is 0.308 e. The van der Waals surface area contributed by atoms with Crippen LogP contribution in [0.25, 0.3) is 0 Å². The van der Waals surface area contributed by atoms with E-state index < -0.39 is 44.7 Å². The third kappa shape index (κ3) is 7.50. The molecule has 0 spiro atoms. The van der Waals surface area contributed by atoms with Crippen LogP contribution in [0.15, 0.2) is 0 Å². The van der Waals surface area contributed by atoms with Crippen molar-refractivity contribution < 1.29 is 38.1 Å². The Morgan fingerprint density at radius 3 is 1.53 bits per heavy atom. The van der Waals surface area contributed by atoms with Gasteiger partial charge in [-0.15, -0.1) is 7.77 Å². The van der Waals surface area contributed by atoms with Gasteiger partial charge < -0.3 is 4.74 Å². The molecule has 0 aliphatic carbocycles. The lowest BCUT2D eigenvalue weighted by molar-refractivity contribution is -0.140. The van der Waals surface area contributed by atoms with Crippen LogP contribution in [-0.2, 0) is 25.2 Å². The first-order valence-electron chi connectivity index (χ1n) is 3.21. The fourth-order valence-corrected chi connectivity index (χ4v) is 2.27. The van der Waals surface area contributed by atoms with Crippen molar-refractivity contribution in [3.8, 4) is 0 Å². The Hall–Kier alpha value is -0.420. The summed E-state index contributed by atoms with van der Waals surface area (Å²) in [6.45, 7) is -1.93. The fourth-order valence-electron chi connectivity index (χ4n) is 0.738. The van der Waals surface area contributed by atoms with Gasteiger partial charge in [-0.25, -0.2) is 8.78 Å². The molecule has 0 saturated heterocycles. The second-order valence-electron chi connectivity index (χ2n) is 2.50. The van der Waals surface area contributed by atoms with Crippen LogP contribution in [0.5, 0.6) is 0 Å². The van der Waals surface area contributed by atoms with Crippen LogP contribution >= 0.6 is 0 Å². The summed E-state index contributed by atoms with van der Waals surface area (Å²) < 4.78 is 92.0. The van der Waals surface area contributed by atoms with E-state index in [0.29, 0.717) is 0 Å². The second kappa shape index (κ2) is 4.61. The van der Waals surface area contributed by atoms with Crippen molar-refractivity contribution in [3.63, 3.8) is 0 Å². The maximum absolute atomic E-state index is 13.1. The Morgan fingerprint density at radius 2 is 1.33 bits per heavy atom. The van der Waals surface area contributed by atoms with Crippen molar-refractivity contribution in [2.45, 2.75) is 5.85 Å². The fraction of sp³-hybridized carbons (Fsp3) is 1.00.